The molecule has 0 spiro atoms. The van der Waals surface area contributed by atoms with Gasteiger partial charge < -0.3 is 0 Å². The molecule has 1 aliphatic rings. The smallest absolute Gasteiger partial charge is 0.262 e. The van der Waals surface area contributed by atoms with Crippen LogP contribution in [0, 0.1) is 0 Å². The molecule has 116 valence electrons. The van der Waals surface area contributed by atoms with E-state index in [9.17, 15) is 4.79 Å². The maximum Gasteiger partial charge on any atom is 0.262 e. The number of rotatable bonds is 2. The summed E-state index contributed by atoms with van der Waals surface area (Å²) in [7, 11) is 0. The molecule has 1 aliphatic heterocycles. The van der Waals surface area contributed by atoms with Crippen LogP contribution in [0.15, 0.2) is 35.1 Å². The molecule has 0 unspecified atom stereocenters. The van der Waals surface area contributed by atoms with Crippen molar-refractivity contribution in [3.8, 4) is 0 Å². The molecule has 5 heteroatoms. The lowest BCUT2D eigenvalue weighted by Gasteiger charge is -2.03. The summed E-state index contributed by atoms with van der Waals surface area (Å²) in [6, 6.07) is 9.71. The molecule has 0 saturated heterocycles. The Labute approximate surface area is 142 Å². The summed E-state index contributed by atoms with van der Waals surface area (Å²) in [6.45, 7) is 2.79. The van der Waals surface area contributed by atoms with Crippen molar-refractivity contribution in [3.05, 3.63) is 62.0 Å². The van der Waals surface area contributed by atoms with Crippen LogP contribution < -0.4 is 5.56 Å². The highest BCUT2D eigenvalue weighted by Gasteiger charge is 2.21. The first-order valence-corrected chi connectivity index (χ1v) is 8.85. The summed E-state index contributed by atoms with van der Waals surface area (Å²) >= 11 is 7.67. The van der Waals surface area contributed by atoms with E-state index in [1.54, 1.807) is 15.9 Å². The van der Waals surface area contributed by atoms with Crippen LogP contribution in [-0.4, -0.2) is 9.55 Å². The van der Waals surface area contributed by atoms with Gasteiger partial charge in [0, 0.05) is 16.4 Å². The average molecular weight is 343 g/mol. The number of nitrogens with zero attached hydrogens (tertiary/aromatic N) is 2. The third-order valence-corrected chi connectivity index (χ3v) is 5.54. The molecule has 0 bridgehead atoms. The molecule has 2 aromatic heterocycles. The van der Waals surface area contributed by atoms with E-state index in [4.69, 9.17) is 16.6 Å². The van der Waals surface area contributed by atoms with Crippen molar-refractivity contribution in [1.29, 1.82) is 0 Å². The second-order valence-electron chi connectivity index (χ2n) is 5.65. The number of hydrogen-bond donors (Lipinski definition) is 0. The minimum absolute atomic E-state index is 0.0791. The molecule has 0 amide bonds. The molecule has 0 N–H and O–H groups in total. The predicted molar refractivity (Wildman–Crippen MR) is 97.2 cm³/mol. The molecule has 3 nitrogen and oxygen atoms in total. The Balaban J connectivity index is 1.88. The summed E-state index contributed by atoms with van der Waals surface area (Å²) in [5.41, 5.74) is 2.21. The third-order valence-electron chi connectivity index (χ3n) is 4.13. The lowest BCUT2D eigenvalue weighted by atomic mass is 10.1. The Morgan fingerprint density at radius 2 is 2.26 bits per heavy atom. The van der Waals surface area contributed by atoms with E-state index >= 15 is 0 Å². The molecule has 0 radical (unpaired) electrons. The lowest BCUT2D eigenvalue weighted by Crippen LogP contribution is -2.19. The fourth-order valence-electron chi connectivity index (χ4n) is 2.97. The average Bonchev–Trinajstić information content (AvgIpc) is 3.13. The lowest BCUT2D eigenvalue weighted by molar-refractivity contribution is 0.726. The topological polar surface area (TPSA) is 34.9 Å². The molecule has 0 fully saturated rings. The van der Waals surface area contributed by atoms with Crippen molar-refractivity contribution in [2.24, 2.45) is 0 Å². The second-order valence-corrected chi connectivity index (χ2v) is 7.20. The van der Waals surface area contributed by atoms with Crippen molar-refractivity contribution in [3.63, 3.8) is 0 Å². The zero-order chi connectivity index (χ0) is 16.0. The van der Waals surface area contributed by atoms with Gasteiger partial charge in [0.05, 0.1) is 5.39 Å². The van der Waals surface area contributed by atoms with Gasteiger partial charge in [0.2, 0.25) is 0 Å². The van der Waals surface area contributed by atoms with Crippen molar-refractivity contribution in [2.45, 2.75) is 26.3 Å². The molecule has 23 heavy (non-hydrogen) atoms. The maximum atomic E-state index is 12.7. The van der Waals surface area contributed by atoms with Crippen LogP contribution in [0.4, 0.5) is 0 Å². The number of thiophene rings is 1. The number of allylic oxidation sites excluding steroid dienone is 1. The van der Waals surface area contributed by atoms with Crippen molar-refractivity contribution < 1.29 is 0 Å². The predicted octanol–water partition coefficient (Wildman–Crippen LogP) is 4.62. The fourth-order valence-corrected chi connectivity index (χ4v) is 4.13. The number of hydrogen-bond acceptors (Lipinski definition) is 3. The van der Waals surface area contributed by atoms with E-state index in [1.807, 2.05) is 30.3 Å². The van der Waals surface area contributed by atoms with Gasteiger partial charge in [-0.15, -0.1) is 11.3 Å². The first kappa shape index (κ1) is 14.7. The molecule has 3 heterocycles. The van der Waals surface area contributed by atoms with Gasteiger partial charge in [-0.3, -0.25) is 9.36 Å². The van der Waals surface area contributed by atoms with Gasteiger partial charge in [0.15, 0.2) is 0 Å². The van der Waals surface area contributed by atoms with Gasteiger partial charge in [-0.2, -0.15) is 0 Å². The fraction of sp³-hybridized carbons (Fsp3) is 0.222. The van der Waals surface area contributed by atoms with Gasteiger partial charge in [0.1, 0.15) is 10.7 Å². The zero-order valence-corrected chi connectivity index (χ0v) is 14.2. The number of fused-ring (bicyclic) bond motifs is 2. The number of aryl methyl sites for hydroxylation is 1. The van der Waals surface area contributed by atoms with Gasteiger partial charge in [-0.25, -0.2) is 4.98 Å². The summed E-state index contributed by atoms with van der Waals surface area (Å²) < 4.78 is 1.80. The molecular formula is C18H15ClN2OS. The summed E-state index contributed by atoms with van der Waals surface area (Å²) in [5.74, 6) is 0.798. The first-order chi connectivity index (χ1) is 11.2. The monoisotopic (exact) mass is 342 g/mol. The molecule has 3 aromatic rings. The zero-order valence-electron chi connectivity index (χ0n) is 12.7. The first-order valence-electron chi connectivity index (χ1n) is 7.65. The Bertz CT molecular complexity index is 1000. The Morgan fingerprint density at radius 3 is 3.04 bits per heavy atom. The van der Waals surface area contributed by atoms with Gasteiger partial charge in [-0.05, 0) is 48.3 Å². The van der Waals surface area contributed by atoms with Crippen LogP contribution >= 0.6 is 22.9 Å². The van der Waals surface area contributed by atoms with Gasteiger partial charge in [0.25, 0.3) is 5.56 Å². The van der Waals surface area contributed by atoms with Crippen LogP contribution in [0.25, 0.3) is 21.9 Å². The van der Waals surface area contributed by atoms with Crippen LogP contribution in [0.3, 0.4) is 0 Å². The standard InChI is InChI=1S/C18H15ClN2OS/c1-2-14-10-15-17(23-14)20-16-12(6-7-21(16)18(15)22)8-11-4-3-5-13(19)9-11/h3-5,8-10H,2,6-7H2,1H3/b12-8+. The van der Waals surface area contributed by atoms with Gasteiger partial charge in [-0.1, -0.05) is 30.7 Å². The molecule has 4 rings (SSSR count). The van der Waals surface area contributed by atoms with Crippen molar-refractivity contribution in [1.82, 2.24) is 9.55 Å². The quantitative estimate of drug-likeness (QED) is 0.681. The largest absolute Gasteiger partial charge is 0.292 e. The van der Waals surface area contributed by atoms with Crippen molar-refractivity contribution >= 4 is 44.8 Å². The third kappa shape index (κ3) is 2.52. The van der Waals surface area contributed by atoms with Crippen LogP contribution in [-0.2, 0) is 13.0 Å². The molecule has 1 aromatic carbocycles. The Morgan fingerprint density at radius 1 is 1.39 bits per heavy atom. The van der Waals surface area contributed by atoms with Crippen LogP contribution in [0.2, 0.25) is 5.02 Å². The maximum absolute atomic E-state index is 12.7. The minimum atomic E-state index is 0.0791. The van der Waals surface area contributed by atoms with E-state index in [0.717, 1.165) is 40.0 Å². The number of aromatic nitrogens is 2. The molecule has 0 saturated carbocycles. The highest BCUT2D eigenvalue weighted by Crippen LogP contribution is 2.30. The summed E-state index contributed by atoms with van der Waals surface area (Å²) in [4.78, 5) is 19.5. The molecule has 0 atom stereocenters. The number of halogens is 1. The van der Waals surface area contributed by atoms with E-state index in [0.29, 0.717) is 11.6 Å². The van der Waals surface area contributed by atoms with Crippen molar-refractivity contribution in [2.75, 3.05) is 0 Å². The highest BCUT2D eigenvalue weighted by molar-refractivity contribution is 7.18. The second kappa shape index (κ2) is 5.62. The van der Waals surface area contributed by atoms with Crippen LogP contribution in [0.1, 0.15) is 29.6 Å². The molecule has 0 aliphatic carbocycles. The summed E-state index contributed by atoms with van der Waals surface area (Å²) in [6.07, 6.45) is 3.84. The Hall–Kier alpha value is -1.91. The number of benzene rings is 1. The highest BCUT2D eigenvalue weighted by atomic mass is 35.5. The van der Waals surface area contributed by atoms with Crippen LogP contribution in [0.5, 0.6) is 0 Å². The van der Waals surface area contributed by atoms with E-state index in [1.165, 1.54) is 4.88 Å². The normalized spacial score (nSPS) is 15.5. The SMILES string of the molecule is CCc1cc2c(=O)n3c(nc2s1)/C(=C/c1cccc(Cl)c1)CC3. The van der Waals surface area contributed by atoms with E-state index in [-0.39, 0.29) is 5.56 Å². The van der Waals surface area contributed by atoms with E-state index < -0.39 is 0 Å². The Kier molecular flexibility index (Phi) is 3.58. The summed E-state index contributed by atoms with van der Waals surface area (Å²) in [5, 5.41) is 1.46. The molecular weight excluding hydrogens is 328 g/mol. The minimum Gasteiger partial charge on any atom is -0.292 e. The van der Waals surface area contributed by atoms with E-state index in [2.05, 4.69) is 13.0 Å². The van der Waals surface area contributed by atoms with Gasteiger partial charge >= 0.3 is 0 Å².